The van der Waals surface area contributed by atoms with Crippen molar-refractivity contribution in [1.82, 2.24) is 4.98 Å². The van der Waals surface area contributed by atoms with Crippen molar-refractivity contribution in [2.75, 3.05) is 0 Å². The first-order valence-electron chi connectivity index (χ1n) is 5.00. The second-order valence-electron chi connectivity index (χ2n) is 3.83. The van der Waals surface area contributed by atoms with Gasteiger partial charge in [0.15, 0.2) is 0 Å². The third-order valence-electron chi connectivity index (χ3n) is 2.65. The first kappa shape index (κ1) is 11.3. The molecule has 5 N–H and O–H groups in total. The minimum atomic E-state index is -1.08. The summed E-state index contributed by atoms with van der Waals surface area (Å²) in [5.74, 6) is -1.48. The Morgan fingerprint density at radius 3 is 2.88 bits per heavy atom. The molecular formula is C11H11N3O3. The highest BCUT2D eigenvalue weighted by atomic mass is 16.4. The highest BCUT2D eigenvalue weighted by molar-refractivity contribution is 6.50. The van der Waals surface area contributed by atoms with Gasteiger partial charge in [-0.25, -0.2) is 0 Å². The van der Waals surface area contributed by atoms with Crippen molar-refractivity contribution in [2.45, 2.75) is 12.5 Å². The molecule has 1 aliphatic carbocycles. The van der Waals surface area contributed by atoms with Gasteiger partial charge in [-0.2, -0.15) is 0 Å². The Morgan fingerprint density at radius 2 is 2.24 bits per heavy atom. The lowest BCUT2D eigenvalue weighted by Gasteiger charge is -2.09. The zero-order valence-electron chi connectivity index (χ0n) is 8.86. The first-order valence-corrected chi connectivity index (χ1v) is 5.00. The summed E-state index contributed by atoms with van der Waals surface area (Å²) < 4.78 is 0. The van der Waals surface area contributed by atoms with Crippen LogP contribution in [0.3, 0.4) is 0 Å². The molecule has 88 valence electrons. The van der Waals surface area contributed by atoms with Crippen LogP contribution in [0.1, 0.15) is 21.6 Å². The smallest absolute Gasteiger partial charge is 0.320 e. The number of aliphatic carboxylic acids is 1. The maximum atomic E-state index is 11.6. The molecule has 0 fully saturated rings. The number of nitrogens with one attached hydrogen (secondary N) is 2. The van der Waals surface area contributed by atoms with Crippen LogP contribution in [0.4, 0.5) is 0 Å². The zero-order chi connectivity index (χ0) is 12.6. The van der Waals surface area contributed by atoms with Gasteiger partial charge in [0.1, 0.15) is 11.8 Å². The minimum Gasteiger partial charge on any atom is -0.480 e. The average Bonchev–Trinajstić information content (AvgIpc) is 2.67. The summed E-state index contributed by atoms with van der Waals surface area (Å²) in [7, 11) is 0. The quantitative estimate of drug-likeness (QED) is 0.595. The van der Waals surface area contributed by atoms with Crippen LogP contribution in [0.2, 0.25) is 0 Å². The van der Waals surface area contributed by atoms with Gasteiger partial charge in [0, 0.05) is 18.2 Å². The Labute approximate surface area is 96.6 Å². The largest absolute Gasteiger partial charge is 0.480 e. The Balaban J connectivity index is 2.33. The molecule has 2 rings (SSSR count). The second kappa shape index (κ2) is 3.99. The number of rotatable bonds is 3. The molecule has 0 amide bonds. The molecule has 0 bridgehead atoms. The summed E-state index contributed by atoms with van der Waals surface area (Å²) >= 11 is 0. The highest BCUT2D eigenvalue weighted by Crippen LogP contribution is 2.22. The van der Waals surface area contributed by atoms with Crippen LogP contribution in [-0.2, 0) is 11.2 Å². The summed E-state index contributed by atoms with van der Waals surface area (Å²) in [4.78, 5) is 25.0. The van der Waals surface area contributed by atoms with Gasteiger partial charge in [-0.15, -0.1) is 0 Å². The number of hydrogen-bond donors (Lipinski definition) is 4. The molecule has 0 unspecified atom stereocenters. The number of H-pyrrole nitrogens is 1. The van der Waals surface area contributed by atoms with Crippen molar-refractivity contribution < 1.29 is 14.7 Å². The number of carbonyl (C=O) groups excluding carboxylic acids is 1. The molecule has 1 atom stereocenters. The lowest BCUT2D eigenvalue weighted by Crippen LogP contribution is -2.32. The summed E-state index contributed by atoms with van der Waals surface area (Å²) in [5.41, 5.74) is 6.97. The fourth-order valence-corrected chi connectivity index (χ4v) is 1.72. The SMILES string of the molecule is N=C1C=Cc2c(C[C@H](N)C(=O)O)c[nH]c2C1=O. The third-order valence-corrected chi connectivity index (χ3v) is 2.65. The minimum absolute atomic E-state index is 0.0894. The number of nitrogens with two attached hydrogens (primary N) is 1. The first-order chi connectivity index (χ1) is 8.00. The van der Waals surface area contributed by atoms with Crippen molar-refractivity contribution in [3.05, 3.63) is 29.1 Å². The average molecular weight is 233 g/mol. The van der Waals surface area contributed by atoms with E-state index in [4.69, 9.17) is 16.2 Å². The molecule has 0 saturated heterocycles. The molecule has 0 aromatic carbocycles. The predicted octanol–water partition coefficient (Wildman–Crippen LogP) is 0.198. The molecule has 6 heteroatoms. The summed E-state index contributed by atoms with van der Waals surface area (Å²) in [6.07, 6.45) is 4.73. The van der Waals surface area contributed by atoms with Crippen LogP contribution < -0.4 is 5.73 Å². The predicted molar refractivity (Wildman–Crippen MR) is 61.2 cm³/mol. The fourth-order valence-electron chi connectivity index (χ4n) is 1.72. The summed E-state index contributed by atoms with van der Waals surface area (Å²) in [6.45, 7) is 0. The van der Waals surface area contributed by atoms with E-state index < -0.39 is 17.8 Å². The Hall–Kier alpha value is -2.21. The maximum absolute atomic E-state index is 11.6. The Morgan fingerprint density at radius 1 is 1.53 bits per heavy atom. The highest BCUT2D eigenvalue weighted by Gasteiger charge is 2.24. The fraction of sp³-hybridized carbons (Fsp3) is 0.182. The number of carboxylic acids is 1. The van der Waals surface area contributed by atoms with E-state index >= 15 is 0 Å². The van der Waals surface area contributed by atoms with Crippen LogP contribution in [0.15, 0.2) is 12.3 Å². The third kappa shape index (κ3) is 1.90. The number of carbonyl (C=O) groups is 2. The Kier molecular flexibility index (Phi) is 2.64. The number of ketones is 1. The van der Waals surface area contributed by atoms with E-state index in [9.17, 15) is 9.59 Å². The number of hydrogen-bond acceptors (Lipinski definition) is 4. The lowest BCUT2D eigenvalue weighted by molar-refractivity contribution is -0.138. The second-order valence-corrected chi connectivity index (χ2v) is 3.83. The van der Waals surface area contributed by atoms with Gasteiger partial charge < -0.3 is 15.8 Å². The van der Waals surface area contributed by atoms with Gasteiger partial charge in [0.2, 0.25) is 5.78 Å². The van der Waals surface area contributed by atoms with Gasteiger partial charge in [0.05, 0.1) is 5.69 Å². The molecule has 1 aromatic rings. The van der Waals surface area contributed by atoms with Gasteiger partial charge in [-0.1, -0.05) is 6.08 Å². The molecule has 0 aliphatic heterocycles. The number of carboxylic acid groups (broad SMARTS) is 1. The molecule has 0 spiro atoms. The Bertz CT molecular complexity index is 542. The molecule has 1 aromatic heterocycles. The van der Waals surface area contributed by atoms with Crippen molar-refractivity contribution >= 4 is 23.5 Å². The van der Waals surface area contributed by atoms with E-state index in [0.29, 0.717) is 16.8 Å². The van der Waals surface area contributed by atoms with Crippen LogP contribution in [0.5, 0.6) is 0 Å². The van der Waals surface area contributed by atoms with Gasteiger partial charge in [-0.05, 0) is 11.6 Å². The topological polar surface area (TPSA) is 120 Å². The van der Waals surface area contributed by atoms with E-state index in [-0.39, 0.29) is 12.1 Å². The van der Waals surface area contributed by atoms with Crippen LogP contribution in [0, 0.1) is 5.41 Å². The molecule has 1 heterocycles. The van der Waals surface area contributed by atoms with Crippen LogP contribution in [-0.4, -0.2) is 33.6 Å². The number of fused-ring (bicyclic) bond motifs is 1. The number of aromatic nitrogens is 1. The van der Waals surface area contributed by atoms with Gasteiger partial charge in [-0.3, -0.25) is 15.0 Å². The van der Waals surface area contributed by atoms with E-state index in [2.05, 4.69) is 4.98 Å². The zero-order valence-corrected chi connectivity index (χ0v) is 8.86. The van der Waals surface area contributed by atoms with E-state index in [1.54, 1.807) is 12.3 Å². The normalized spacial score (nSPS) is 15.8. The number of allylic oxidation sites excluding steroid dienone is 1. The number of Topliss-reactive ketones (excluding diaryl/α,β-unsaturated/α-hetero) is 1. The van der Waals surface area contributed by atoms with Gasteiger partial charge >= 0.3 is 5.97 Å². The molecule has 6 nitrogen and oxygen atoms in total. The monoisotopic (exact) mass is 233 g/mol. The summed E-state index contributed by atoms with van der Waals surface area (Å²) in [5, 5.41) is 16.1. The van der Waals surface area contributed by atoms with E-state index in [1.807, 2.05) is 0 Å². The van der Waals surface area contributed by atoms with Crippen molar-refractivity contribution in [1.29, 1.82) is 5.41 Å². The maximum Gasteiger partial charge on any atom is 0.320 e. The van der Waals surface area contributed by atoms with E-state index in [0.717, 1.165) is 0 Å². The van der Waals surface area contributed by atoms with Crippen LogP contribution in [0.25, 0.3) is 6.08 Å². The molecule has 17 heavy (non-hydrogen) atoms. The van der Waals surface area contributed by atoms with Crippen LogP contribution >= 0.6 is 0 Å². The molecule has 0 radical (unpaired) electrons. The van der Waals surface area contributed by atoms with Crippen molar-refractivity contribution in [2.24, 2.45) is 5.73 Å². The molecule has 1 aliphatic rings. The van der Waals surface area contributed by atoms with Gasteiger partial charge in [0.25, 0.3) is 0 Å². The summed E-state index contributed by atoms with van der Waals surface area (Å²) in [6, 6.07) is -1.00. The molecular weight excluding hydrogens is 222 g/mol. The number of aromatic amines is 1. The lowest BCUT2D eigenvalue weighted by atomic mass is 9.96. The molecule has 0 saturated carbocycles. The van der Waals surface area contributed by atoms with Crippen molar-refractivity contribution in [3.63, 3.8) is 0 Å². The standard InChI is InChI=1S/C11H11N3O3/c12-7-2-1-6-5(3-8(13)11(16)17)4-14-9(6)10(7)15/h1-2,4,8,12,14H,3,13H2,(H,16,17)/t8-/m0/s1. The van der Waals surface area contributed by atoms with Crippen molar-refractivity contribution in [3.8, 4) is 0 Å². The van der Waals surface area contributed by atoms with E-state index in [1.165, 1.54) is 6.08 Å².